The van der Waals surface area contributed by atoms with Gasteiger partial charge < -0.3 is 9.47 Å². The van der Waals surface area contributed by atoms with Crippen LogP contribution >= 0.6 is 0 Å². The zero-order valence-electron chi connectivity index (χ0n) is 8.58. The topological polar surface area (TPSA) is 35.5 Å². The second-order valence-electron chi connectivity index (χ2n) is 3.73. The average molecular weight is 186 g/mol. The van der Waals surface area contributed by atoms with Crippen LogP contribution in [0.15, 0.2) is 0 Å². The highest BCUT2D eigenvalue weighted by molar-refractivity contribution is 5.74. The van der Waals surface area contributed by atoms with E-state index in [2.05, 4.69) is 0 Å². The lowest BCUT2D eigenvalue weighted by atomic mass is 10.4. The van der Waals surface area contributed by atoms with Crippen molar-refractivity contribution in [1.82, 2.24) is 0 Å². The lowest BCUT2D eigenvalue weighted by Crippen LogP contribution is -2.24. The number of hydrogen-bond donors (Lipinski definition) is 0. The third-order valence-electron chi connectivity index (χ3n) is 1.92. The molecular formula is C10H18O3. The second kappa shape index (κ2) is 4.61. The highest BCUT2D eigenvalue weighted by Gasteiger charge is 2.32. The molecule has 1 aliphatic carbocycles. The Kier molecular flexibility index (Phi) is 3.72. The maximum Gasteiger partial charge on any atom is 0.311 e. The molecule has 1 aliphatic rings. The van der Waals surface area contributed by atoms with Gasteiger partial charge in [-0.05, 0) is 26.7 Å². The van der Waals surface area contributed by atoms with Crippen molar-refractivity contribution >= 4 is 5.97 Å². The fourth-order valence-electron chi connectivity index (χ4n) is 1.06. The Balaban J connectivity index is 2.25. The molecule has 3 nitrogen and oxygen atoms in total. The van der Waals surface area contributed by atoms with Crippen molar-refractivity contribution in [3.63, 3.8) is 0 Å². The van der Waals surface area contributed by atoms with E-state index in [1.807, 2.05) is 20.8 Å². The van der Waals surface area contributed by atoms with Gasteiger partial charge in [-0.3, -0.25) is 4.79 Å². The first-order valence-electron chi connectivity index (χ1n) is 4.99. The van der Waals surface area contributed by atoms with Crippen molar-refractivity contribution in [2.75, 3.05) is 0 Å². The molecule has 0 aromatic carbocycles. The minimum atomic E-state index is -0.354. The summed E-state index contributed by atoms with van der Waals surface area (Å²) < 4.78 is 10.6. The van der Waals surface area contributed by atoms with Crippen molar-refractivity contribution in [2.24, 2.45) is 5.92 Å². The predicted molar refractivity (Wildman–Crippen MR) is 49.1 cm³/mol. The highest BCUT2D eigenvalue weighted by Crippen LogP contribution is 2.30. The van der Waals surface area contributed by atoms with Gasteiger partial charge in [0.25, 0.3) is 0 Å². The van der Waals surface area contributed by atoms with E-state index in [1.54, 1.807) is 0 Å². The molecular weight excluding hydrogens is 168 g/mol. The monoisotopic (exact) mass is 186 g/mol. The van der Waals surface area contributed by atoms with Crippen molar-refractivity contribution in [3.05, 3.63) is 0 Å². The molecule has 1 fully saturated rings. The second-order valence-corrected chi connectivity index (χ2v) is 3.73. The minimum absolute atomic E-state index is 0.0903. The van der Waals surface area contributed by atoms with Crippen molar-refractivity contribution in [1.29, 1.82) is 0 Å². The number of carbonyl (C=O) groups is 1. The van der Waals surface area contributed by atoms with E-state index in [4.69, 9.17) is 9.47 Å². The van der Waals surface area contributed by atoms with E-state index in [0.717, 1.165) is 19.3 Å². The summed E-state index contributed by atoms with van der Waals surface area (Å²) in [6.07, 6.45) is 2.44. The van der Waals surface area contributed by atoms with Gasteiger partial charge in [0.05, 0.1) is 12.0 Å². The third-order valence-corrected chi connectivity index (χ3v) is 1.92. The summed E-state index contributed by atoms with van der Waals surface area (Å²) in [5, 5.41) is 0. The molecule has 0 heterocycles. The third kappa shape index (κ3) is 3.77. The van der Waals surface area contributed by atoms with Gasteiger partial charge in [-0.15, -0.1) is 0 Å². The van der Waals surface area contributed by atoms with Crippen LogP contribution in [0.3, 0.4) is 0 Å². The first-order chi connectivity index (χ1) is 6.13. The maximum atomic E-state index is 11.3. The summed E-state index contributed by atoms with van der Waals surface area (Å²) in [4.78, 5) is 11.3. The first kappa shape index (κ1) is 10.5. The van der Waals surface area contributed by atoms with Gasteiger partial charge in [0.15, 0.2) is 0 Å². The van der Waals surface area contributed by atoms with E-state index < -0.39 is 0 Å². The largest absolute Gasteiger partial charge is 0.436 e. The Bertz CT molecular complexity index is 173. The Morgan fingerprint density at radius 2 is 2.08 bits per heavy atom. The number of carbonyl (C=O) groups excluding carboxylic acids is 1. The van der Waals surface area contributed by atoms with Crippen LogP contribution < -0.4 is 0 Å². The summed E-state index contributed by atoms with van der Waals surface area (Å²) >= 11 is 0. The predicted octanol–water partition coefficient (Wildman–Crippen LogP) is 2.10. The molecule has 0 bridgehead atoms. The minimum Gasteiger partial charge on any atom is -0.436 e. The number of ether oxygens (including phenoxy) is 2. The van der Waals surface area contributed by atoms with Gasteiger partial charge >= 0.3 is 5.97 Å². The summed E-state index contributed by atoms with van der Waals surface area (Å²) in [5.74, 6) is 0.0670. The Morgan fingerprint density at radius 3 is 2.46 bits per heavy atom. The summed E-state index contributed by atoms with van der Waals surface area (Å²) in [6.45, 7) is 5.83. The van der Waals surface area contributed by atoms with Crippen LogP contribution in [0.1, 0.15) is 40.0 Å². The molecule has 0 radical (unpaired) electrons. The van der Waals surface area contributed by atoms with Gasteiger partial charge in [-0.25, -0.2) is 0 Å². The number of hydrogen-bond acceptors (Lipinski definition) is 3. The Morgan fingerprint density at radius 1 is 1.46 bits per heavy atom. The molecule has 0 amide bonds. The molecule has 0 saturated heterocycles. The first-order valence-corrected chi connectivity index (χ1v) is 4.99. The maximum absolute atomic E-state index is 11.3. The zero-order valence-corrected chi connectivity index (χ0v) is 8.58. The lowest BCUT2D eigenvalue weighted by molar-refractivity contribution is -0.188. The van der Waals surface area contributed by atoms with Gasteiger partial charge in [-0.1, -0.05) is 6.92 Å². The van der Waals surface area contributed by atoms with Crippen molar-refractivity contribution in [3.8, 4) is 0 Å². The smallest absolute Gasteiger partial charge is 0.311 e. The molecule has 0 aromatic rings. The Labute approximate surface area is 79.4 Å². The molecule has 0 aromatic heterocycles. The molecule has 0 aliphatic heterocycles. The summed E-state index contributed by atoms with van der Waals surface area (Å²) in [5.41, 5.74) is 0. The molecule has 1 unspecified atom stereocenters. The molecule has 0 spiro atoms. The fourth-order valence-corrected chi connectivity index (χ4v) is 1.06. The molecule has 0 N–H and O–H groups in total. The van der Waals surface area contributed by atoms with Gasteiger partial charge in [0.2, 0.25) is 6.29 Å². The van der Waals surface area contributed by atoms with Crippen LogP contribution in [0, 0.1) is 5.92 Å². The van der Waals surface area contributed by atoms with Crippen LogP contribution in [-0.4, -0.2) is 18.4 Å². The van der Waals surface area contributed by atoms with E-state index >= 15 is 0 Å². The van der Waals surface area contributed by atoms with Gasteiger partial charge in [0.1, 0.15) is 0 Å². The zero-order chi connectivity index (χ0) is 9.84. The molecule has 13 heavy (non-hydrogen) atoms. The van der Waals surface area contributed by atoms with E-state index in [0.29, 0.717) is 0 Å². The summed E-state index contributed by atoms with van der Waals surface area (Å²) in [7, 11) is 0. The SMILES string of the molecule is CCC(OC(=O)C1CC1)OC(C)C. The summed E-state index contributed by atoms with van der Waals surface area (Å²) in [6, 6.07) is 0. The molecule has 1 atom stereocenters. The molecule has 3 heteroatoms. The van der Waals surface area contributed by atoms with Gasteiger partial charge in [0, 0.05) is 6.42 Å². The van der Waals surface area contributed by atoms with Crippen molar-refractivity contribution < 1.29 is 14.3 Å². The van der Waals surface area contributed by atoms with Crippen LogP contribution in [0.2, 0.25) is 0 Å². The molecule has 76 valence electrons. The van der Waals surface area contributed by atoms with Crippen LogP contribution in [-0.2, 0) is 14.3 Å². The van der Waals surface area contributed by atoms with E-state index in [1.165, 1.54) is 0 Å². The lowest BCUT2D eigenvalue weighted by Gasteiger charge is -2.18. The number of esters is 1. The van der Waals surface area contributed by atoms with E-state index in [9.17, 15) is 4.79 Å². The highest BCUT2D eigenvalue weighted by atomic mass is 16.7. The van der Waals surface area contributed by atoms with Crippen LogP contribution in [0.5, 0.6) is 0 Å². The van der Waals surface area contributed by atoms with E-state index in [-0.39, 0.29) is 24.3 Å². The molecule has 1 saturated carbocycles. The van der Waals surface area contributed by atoms with Gasteiger partial charge in [-0.2, -0.15) is 0 Å². The van der Waals surface area contributed by atoms with Crippen LogP contribution in [0.4, 0.5) is 0 Å². The fraction of sp³-hybridized carbons (Fsp3) is 0.900. The molecule has 1 rings (SSSR count). The standard InChI is InChI=1S/C10H18O3/c1-4-9(12-7(2)3)13-10(11)8-5-6-8/h7-9H,4-6H2,1-3H3. The van der Waals surface area contributed by atoms with Crippen molar-refractivity contribution in [2.45, 2.75) is 52.4 Å². The quantitative estimate of drug-likeness (QED) is 0.487. The number of rotatable bonds is 5. The van der Waals surface area contributed by atoms with Crippen LogP contribution in [0.25, 0.3) is 0 Å². The average Bonchev–Trinajstić information content (AvgIpc) is 2.84. The Hall–Kier alpha value is -0.570. The normalized spacial score (nSPS) is 18.8.